The van der Waals surface area contributed by atoms with Crippen molar-refractivity contribution in [3.63, 3.8) is 0 Å². The average Bonchev–Trinajstić information content (AvgIpc) is 2.70. The van der Waals surface area contributed by atoms with Crippen molar-refractivity contribution in [1.82, 2.24) is 10.6 Å². The minimum absolute atomic E-state index is 0.00262. The zero-order chi connectivity index (χ0) is 22.5. The standard InChI is InChI=1S/C18H24N4O7S/c19-12(18(28)29)6-7-14(23)22-13(17(27)20-8-16(25)26)9-30-10-15(24)21-11-4-2-1-3-5-11/h1-5,12-13H,6-10,19H2,(H,20,27)(H,21,24)(H,22,23)(H,25,26)(H,28,29). The van der Waals surface area contributed by atoms with Gasteiger partial charge in [0.1, 0.15) is 18.6 Å². The molecule has 0 radical (unpaired) electrons. The third-order valence-corrected chi connectivity index (χ3v) is 4.68. The van der Waals surface area contributed by atoms with Crippen molar-refractivity contribution in [1.29, 1.82) is 0 Å². The van der Waals surface area contributed by atoms with Gasteiger partial charge >= 0.3 is 11.9 Å². The molecule has 0 fully saturated rings. The Morgan fingerprint density at radius 2 is 1.70 bits per heavy atom. The summed E-state index contributed by atoms with van der Waals surface area (Å²) in [5.41, 5.74) is 5.95. The summed E-state index contributed by atoms with van der Waals surface area (Å²) in [6.45, 7) is -0.631. The fourth-order valence-electron chi connectivity index (χ4n) is 2.13. The molecule has 0 aromatic heterocycles. The number of thioether (sulfide) groups is 1. The number of amides is 3. The van der Waals surface area contributed by atoms with Crippen molar-refractivity contribution in [2.75, 3.05) is 23.4 Å². The quantitative estimate of drug-likeness (QED) is 0.229. The lowest BCUT2D eigenvalue weighted by Gasteiger charge is -2.18. The highest BCUT2D eigenvalue weighted by Crippen LogP contribution is 2.09. The van der Waals surface area contributed by atoms with E-state index in [-0.39, 0.29) is 30.3 Å². The van der Waals surface area contributed by atoms with E-state index in [1.54, 1.807) is 30.3 Å². The summed E-state index contributed by atoms with van der Waals surface area (Å²) in [5.74, 6) is -4.16. The molecule has 0 bridgehead atoms. The maximum Gasteiger partial charge on any atom is 0.322 e. The van der Waals surface area contributed by atoms with Crippen molar-refractivity contribution in [3.05, 3.63) is 30.3 Å². The summed E-state index contributed by atoms with van der Waals surface area (Å²) in [6.07, 6.45) is -0.355. The Morgan fingerprint density at radius 3 is 2.30 bits per heavy atom. The number of para-hydroxylation sites is 1. The molecule has 11 nitrogen and oxygen atoms in total. The molecule has 3 amide bonds. The third kappa shape index (κ3) is 10.4. The number of rotatable bonds is 13. The lowest BCUT2D eigenvalue weighted by molar-refractivity contribution is -0.139. The number of hydrogen-bond donors (Lipinski definition) is 6. The average molecular weight is 440 g/mol. The van der Waals surface area contributed by atoms with Gasteiger partial charge in [-0.3, -0.25) is 24.0 Å². The molecule has 1 aromatic rings. The van der Waals surface area contributed by atoms with Gasteiger partial charge in [-0.15, -0.1) is 11.8 Å². The van der Waals surface area contributed by atoms with Gasteiger partial charge in [0.2, 0.25) is 17.7 Å². The van der Waals surface area contributed by atoms with Crippen LogP contribution in [0.25, 0.3) is 0 Å². The van der Waals surface area contributed by atoms with Crippen LogP contribution in [0.1, 0.15) is 12.8 Å². The van der Waals surface area contributed by atoms with Crippen LogP contribution in [0.5, 0.6) is 0 Å². The van der Waals surface area contributed by atoms with E-state index in [0.29, 0.717) is 5.69 Å². The molecule has 0 spiro atoms. The summed E-state index contributed by atoms with van der Waals surface area (Å²) in [7, 11) is 0. The topological polar surface area (TPSA) is 188 Å². The van der Waals surface area contributed by atoms with Crippen molar-refractivity contribution < 1.29 is 34.2 Å². The maximum atomic E-state index is 12.2. The van der Waals surface area contributed by atoms with Crippen LogP contribution in [0.3, 0.4) is 0 Å². The SMILES string of the molecule is NC(CCC(=O)NC(CSCC(=O)Nc1ccccc1)C(=O)NCC(=O)O)C(=O)O. The van der Waals surface area contributed by atoms with E-state index in [9.17, 15) is 24.0 Å². The molecule has 1 aromatic carbocycles. The zero-order valence-corrected chi connectivity index (χ0v) is 16.8. The molecule has 164 valence electrons. The molecular weight excluding hydrogens is 416 g/mol. The van der Waals surface area contributed by atoms with Gasteiger partial charge in [-0.2, -0.15) is 0 Å². The maximum absolute atomic E-state index is 12.2. The minimum atomic E-state index is -1.25. The fourth-order valence-corrected chi connectivity index (χ4v) is 2.98. The second-order valence-electron chi connectivity index (χ2n) is 6.14. The van der Waals surface area contributed by atoms with Crippen molar-refractivity contribution in [2.45, 2.75) is 24.9 Å². The molecule has 1 rings (SSSR count). The first kappa shape index (κ1) is 24.9. The Balaban J connectivity index is 2.56. The van der Waals surface area contributed by atoms with Gasteiger partial charge in [-0.05, 0) is 18.6 Å². The molecule has 30 heavy (non-hydrogen) atoms. The van der Waals surface area contributed by atoms with Crippen molar-refractivity contribution >= 4 is 47.1 Å². The number of anilines is 1. The molecule has 7 N–H and O–H groups in total. The number of nitrogens with one attached hydrogen (secondary N) is 3. The summed E-state index contributed by atoms with van der Waals surface area (Å²) < 4.78 is 0. The lowest BCUT2D eigenvalue weighted by Crippen LogP contribution is -2.49. The number of carbonyl (C=O) groups is 5. The van der Waals surface area contributed by atoms with Crippen LogP contribution >= 0.6 is 11.8 Å². The number of aliphatic carboxylic acids is 2. The summed E-state index contributed by atoms with van der Waals surface area (Å²) in [6, 6.07) is 6.43. The minimum Gasteiger partial charge on any atom is -0.480 e. The van der Waals surface area contributed by atoms with Crippen LogP contribution in [-0.2, 0) is 24.0 Å². The first-order valence-corrected chi connectivity index (χ1v) is 10.0. The molecule has 0 saturated heterocycles. The van der Waals surface area contributed by atoms with Crippen molar-refractivity contribution in [2.24, 2.45) is 5.73 Å². The Bertz CT molecular complexity index is 760. The Morgan fingerprint density at radius 1 is 1.03 bits per heavy atom. The number of carboxylic acid groups (broad SMARTS) is 2. The number of carbonyl (C=O) groups excluding carboxylic acids is 3. The molecule has 0 aliphatic heterocycles. The van der Waals surface area contributed by atoms with Crippen molar-refractivity contribution in [3.8, 4) is 0 Å². The van der Waals surface area contributed by atoms with E-state index in [0.717, 1.165) is 11.8 Å². The predicted molar refractivity (Wildman–Crippen MR) is 110 cm³/mol. The van der Waals surface area contributed by atoms with E-state index in [1.807, 2.05) is 0 Å². The molecule has 0 saturated carbocycles. The third-order valence-electron chi connectivity index (χ3n) is 3.64. The van der Waals surface area contributed by atoms with Crippen LogP contribution in [0.15, 0.2) is 30.3 Å². The van der Waals surface area contributed by atoms with E-state index in [1.165, 1.54) is 0 Å². The highest BCUT2D eigenvalue weighted by atomic mass is 32.2. The Labute approximate surface area is 176 Å². The van der Waals surface area contributed by atoms with E-state index < -0.39 is 42.4 Å². The van der Waals surface area contributed by atoms with Gasteiger partial charge in [-0.25, -0.2) is 0 Å². The first-order chi connectivity index (χ1) is 14.2. The smallest absolute Gasteiger partial charge is 0.322 e. The number of carboxylic acids is 2. The normalized spacial score (nSPS) is 12.3. The molecule has 0 aliphatic carbocycles. The van der Waals surface area contributed by atoms with Crippen LogP contribution in [0.4, 0.5) is 5.69 Å². The largest absolute Gasteiger partial charge is 0.480 e. The van der Waals surface area contributed by atoms with Gasteiger partial charge in [0.05, 0.1) is 5.75 Å². The molecule has 2 unspecified atom stereocenters. The second-order valence-corrected chi connectivity index (χ2v) is 7.17. The lowest BCUT2D eigenvalue weighted by atomic mass is 10.1. The second kappa shape index (κ2) is 13.2. The van der Waals surface area contributed by atoms with Gasteiger partial charge in [0, 0.05) is 17.9 Å². The first-order valence-electron chi connectivity index (χ1n) is 8.89. The zero-order valence-electron chi connectivity index (χ0n) is 16.0. The molecular formula is C18H24N4O7S. The van der Waals surface area contributed by atoms with E-state index in [4.69, 9.17) is 15.9 Å². The fraction of sp³-hybridized carbons (Fsp3) is 0.389. The molecule has 12 heteroatoms. The van der Waals surface area contributed by atoms with Gasteiger partial charge < -0.3 is 31.9 Å². The van der Waals surface area contributed by atoms with Crippen LogP contribution in [-0.4, -0.2) is 70.0 Å². The molecule has 2 atom stereocenters. The number of hydrogen-bond acceptors (Lipinski definition) is 7. The van der Waals surface area contributed by atoms with Crippen LogP contribution in [0, 0.1) is 0 Å². The monoisotopic (exact) mass is 440 g/mol. The summed E-state index contributed by atoms with van der Waals surface area (Å²) in [4.78, 5) is 57.5. The Kier molecular flexibility index (Phi) is 10.9. The van der Waals surface area contributed by atoms with Gasteiger partial charge in [0.15, 0.2) is 0 Å². The number of benzene rings is 1. The molecule has 0 aliphatic rings. The summed E-state index contributed by atoms with van der Waals surface area (Å²) in [5, 5.41) is 24.7. The highest BCUT2D eigenvalue weighted by molar-refractivity contribution is 8.00. The summed E-state index contributed by atoms with van der Waals surface area (Å²) >= 11 is 1.07. The van der Waals surface area contributed by atoms with Crippen LogP contribution < -0.4 is 21.7 Å². The van der Waals surface area contributed by atoms with Gasteiger partial charge in [-0.1, -0.05) is 18.2 Å². The van der Waals surface area contributed by atoms with E-state index >= 15 is 0 Å². The number of nitrogens with two attached hydrogens (primary N) is 1. The predicted octanol–water partition coefficient (Wildman–Crippen LogP) is -0.764. The van der Waals surface area contributed by atoms with Crippen LogP contribution in [0.2, 0.25) is 0 Å². The molecule has 0 heterocycles. The van der Waals surface area contributed by atoms with Gasteiger partial charge in [0.25, 0.3) is 0 Å². The Hall–Kier alpha value is -3.12. The highest BCUT2D eigenvalue weighted by Gasteiger charge is 2.22. The van der Waals surface area contributed by atoms with E-state index in [2.05, 4.69) is 16.0 Å².